The molecule has 1 unspecified atom stereocenters. The molecule has 2 N–H and O–H groups in total. The first-order valence-corrected chi connectivity index (χ1v) is 4.70. The highest BCUT2D eigenvalue weighted by Gasteiger charge is 2.24. The van der Waals surface area contributed by atoms with Crippen LogP contribution in [0.3, 0.4) is 0 Å². The number of carboxylic acid groups (broad SMARTS) is 1. The number of carboxylic acids is 1. The monoisotopic (exact) mass is 171 g/mol. The molecule has 1 heterocycles. The summed E-state index contributed by atoms with van der Waals surface area (Å²) in [5.74, 6) is -0.810. The molecule has 12 heavy (non-hydrogen) atoms. The van der Waals surface area contributed by atoms with E-state index in [0.29, 0.717) is 12.6 Å². The Morgan fingerprint density at radius 1 is 1.58 bits per heavy atom. The Balaban J connectivity index is 2.25. The Kier molecular flexibility index (Phi) is 3.53. The van der Waals surface area contributed by atoms with Crippen LogP contribution in [0.2, 0.25) is 0 Å². The molecule has 0 bridgehead atoms. The van der Waals surface area contributed by atoms with E-state index >= 15 is 0 Å². The molecule has 1 aliphatic rings. The number of piperidine rings is 1. The molecule has 3 nitrogen and oxygen atoms in total. The van der Waals surface area contributed by atoms with Gasteiger partial charge in [-0.25, -0.2) is 0 Å². The summed E-state index contributed by atoms with van der Waals surface area (Å²) in [6.07, 6.45) is 4.21. The maximum atomic E-state index is 10.6. The number of nitrogens with one attached hydrogen (secondary N) is 1. The Hall–Kier alpha value is -0.570. The third kappa shape index (κ3) is 2.48. The van der Waals surface area contributed by atoms with E-state index in [4.69, 9.17) is 5.11 Å². The number of carbonyl (C=O) groups is 1. The fraction of sp³-hybridized carbons (Fsp3) is 0.889. The summed E-state index contributed by atoms with van der Waals surface area (Å²) >= 11 is 0. The summed E-state index contributed by atoms with van der Waals surface area (Å²) in [6.45, 7) is 2.81. The Bertz CT molecular complexity index is 151. The fourth-order valence-electron chi connectivity index (χ4n) is 1.72. The second-order valence-corrected chi connectivity index (χ2v) is 3.51. The van der Waals surface area contributed by atoms with Crippen molar-refractivity contribution >= 4 is 5.97 Å². The van der Waals surface area contributed by atoms with Crippen LogP contribution in [-0.2, 0) is 4.79 Å². The van der Waals surface area contributed by atoms with E-state index < -0.39 is 5.97 Å². The number of aliphatic carboxylic acids is 1. The molecule has 1 saturated heterocycles. The number of hydrogen-bond donors (Lipinski definition) is 2. The lowest BCUT2D eigenvalue weighted by molar-refractivity contribution is -0.142. The van der Waals surface area contributed by atoms with Gasteiger partial charge in [0.15, 0.2) is 0 Å². The maximum Gasteiger partial charge on any atom is 0.307 e. The van der Waals surface area contributed by atoms with Gasteiger partial charge in [-0.1, -0.05) is 13.3 Å². The smallest absolute Gasteiger partial charge is 0.307 e. The molecule has 70 valence electrons. The van der Waals surface area contributed by atoms with Crippen LogP contribution < -0.4 is 5.32 Å². The molecular weight excluding hydrogens is 154 g/mol. The van der Waals surface area contributed by atoms with E-state index in [1.54, 1.807) is 0 Å². The summed E-state index contributed by atoms with van der Waals surface area (Å²) in [7, 11) is 0. The lowest BCUT2D eigenvalue weighted by Gasteiger charge is -2.27. The second kappa shape index (κ2) is 4.45. The van der Waals surface area contributed by atoms with Crippen molar-refractivity contribution in [2.45, 2.75) is 38.6 Å². The van der Waals surface area contributed by atoms with Gasteiger partial charge in [0.1, 0.15) is 0 Å². The van der Waals surface area contributed by atoms with Crippen molar-refractivity contribution < 1.29 is 9.90 Å². The van der Waals surface area contributed by atoms with Crippen LogP contribution in [0.1, 0.15) is 32.6 Å². The minimum atomic E-state index is -0.655. The Morgan fingerprint density at radius 2 is 2.33 bits per heavy atom. The zero-order chi connectivity index (χ0) is 8.97. The Labute approximate surface area is 73.2 Å². The van der Waals surface area contributed by atoms with E-state index in [1.165, 1.54) is 12.8 Å². The number of rotatable bonds is 3. The quantitative estimate of drug-likeness (QED) is 0.671. The molecule has 0 aromatic heterocycles. The van der Waals surface area contributed by atoms with Gasteiger partial charge in [0, 0.05) is 12.6 Å². The number of hydrogen-bond acceptors (Lipinski definition) is 2. The minimum Gasteiger partial charge on any atom is -0.481 e. The Morgan fingerprint density at radius 3 is 2.75 bits per heavy atom. The lowest BCUT2D eigenvalue weighted by Crippen LogP contribution is -2.41. The van der Waals surface area contributed by atoms with Crippen molar-refractivity contribution in [1.29, 1.82) is 0 Å². The summed E-state index contributed by atoms with van der Waals surface area (Å²) < 4.78 is 0. The highest BCUT2D eigenvalue weighted by atomic mass is 16.4. The zero-order valence-electron chi connectivity index (χ0n) is 7.55. The van der Waals surface area contributed by atoms with E-state index in [9.17, 15) is 4.79 Å². The first kappa shape index (κ1) is 9.52. The van der Waals surface area contributed by atoms with Crippen LogP contribution in [0.15, 0.2) is 0 Å². The predicted octanol–water partition coefficient (Wildman–Crippen LogP) is 1.24. The van der Waals surface area contributed by atoms with Crippen LogP contribution in [0.25, 0.3) is 0 Å². The third-order valence-electron chi connectivity index (χ3n) is 2.50. The van der Waals surface area contributed by atoms with Gasteiger partial charge in [0.05, 0.1) is 5.92 Å². The van der Waals surface area contributed by atoms with Gasteiger partial charge in [-0.05, 0) is 19.3 Å². The molecule has 0 aromatic carbocycles. The van der Waals surface area contributed by atoms with Crippen LogP contribution in [-0.4, -0.2) is 23.7 Å². The standard InChI is InChI=1S/C9H17NO2/c1-2-3-8-5-4-7(6-10-8)9(11)12/h7-8,10H,2-6H2,1H3,(H,11,12)/t7-,8?/m1/s1. The fourth-order valence-corrected chi connectivity index (χ4v) is 1.72. The minimum absolute atomic E-state index is 0.155. The molecule has 1 fully saturated rings. The summed E-state index contributed by atoms with van der Waals surface area (Å²) in [5.41, 5.74) is 0. The topological polar surface area (TPSA) is 49.3 Å². The van der Waals surface area contributed by atoms with Crippen LogP contribution >= 0.6 is 0 Å². The van der Waals surface area contributed by atoms with E-state index in [1.807, 2.05) is 0 Å². The highest BCUT2D eigenvalue weighted by molar-refractivity contribution is 5.70. The van der Waals surface area contributed by atoms with Crippen molar-refractivity contribution in [3.8, 4) is 0 Å². The van der Waals surface area contributed by atoms with Crippen LogP contribution in [0, 0.1) is 5.92 Å². The largest absolute Gasteiger partial charge is 0.481 e. The van der Waals surface area contributed by atoms with Gasteiger partial charge in [-0.3, -0.25) is 4.79 Å². The lowest BCUT2D eigenvalue weighted by atomic mass is 9.93. The molecule has 1 aliphatic heterocycles. The van der Waals surface area contributed by atoms with Crippen molar-refractivity contribution in [2.75, 3.05) is 6.54 Å². The van der Waals surface area contributed by atoms with E-state index in [2.05, 4.69) is 12.2 Å². The average molecular weight is 171 g/mol. The molecular formula is C9H17NO2. The first-order valence-electron chi connectivity index (χ1n) is 4.70. The van der Waals surface area contributed by atoms with Crippen molar-refractivity contribution in [3.63, 3.8) is 0 Å². The molecule has 0 aliphatic carbocycles. The molecule has 0 aromatic rings. The molecule has 0 spiro atoms. The van der Waals surface area contributed by atoms with Crippen LogP contribution in [0.5, 0.6) is 0 Å². The summed E-state index contributed by atoms with van der Waals surface area (Å²) in [6, 6.07) is 0.561. The molecule has 0 radical (unpaired) electrons. The first-order chi connectivity index (χ1) is 5.74. The van der Waals surface area contributed by atoms with Gasteiger partial charge in [0.2, 0.25) is 0 Å². The molecule has 0 amide bonds. The van der Waals surface area contributed by atoms with E-state index in [-0.39, 0.29) is 5.92 Å². The SMILES string of the molecule is CCCC1CC[C@@H](C(=O)O)CN1. The van der Waals surface area contributed by atoms with Crippen LogP contribution in [0.4, 0.5) is 0 Å². The van der Waals surface area contributed by atoms with Crippen molar-refractivity contribution in [1.82, 2.24) is 5.32 Å². The van der Waals surface area contributed by atoms with Gasteiger partial charge in [-0.15, -0.1) is 0 Å². The third-order valence-corrected chi connectivity index (χ3v) is 2.50. The summed E-state index contributed by atoms with van der Waals surface area (Å²) in [5, 5.41) is 12.0. The van der Waals surface area contributed by atoms with Gasteiger partial charge in [-0.2, -0.15) is 0 Å². The van der Waals surface area contributed by atoms with Crippen molar-refractivity contribution in [2.24, 2.45) is 5.92 Å². The zero-order valence-corrected chi connectivity index (χ0v) is 7.55. The molecule has 2 atom stereocenters. The maximum absolute atomic E-state index is 10.6. The van der Waals surface area contributed by atoms with E-state index in [0.717, 1.165) is 12.8 Å². The summed E-state index contributed by atoms with van der Waals surface area (Å²) in [4.78, 5) is 10.6. The average Bonchev–Trinajstić information content (AvgIpc) is 2.06. The second-order valence-electron chi connectivity index (χ2n) is 3.51. The predicted molar refractivity (Wildman–Crippen MR) is 47.1 cm³/mol. The van der Waals surface area contributed by atoms with Gasteiger partial charge >= 0.3 is 5.97 Å². The van der Waals surface area contributed by atoms with Crippen molar-refractivity contribution in [3.05, 3.63) is 0 Å². The molecule has 1 rings (SSSR count). The normalized spacial score (nSPS) is 30.1. The molecule has 3 heteroatoms. The van der Waals surface area contributed by atoms with Gasteiger partial charge < -0.3 is 10.4 Å². The molecule has 0 saturated carbocycles. The highest BCUT2D eigenvalue weighted by Crippen LogP contribution is 2.16. The van der Waals surface area contributed by atoms with Gasteiger partial charge in [0.25, 0.3) is 0 Å².